The molecule has 1 saturated heterocycles. The summed E-state index contributed by atoms with van der Waals surface area (Å²) in [5, 5.41) is 6.86. The third-order valence-corrected chi connectivity index (χ3v) is 2.27. The van der Waals surface area contributed by atoms with E-state index in [1.54, 1.807) is 7.11 Å². The Bertz CT molecular complexity index is 103. The van der Waals surface area contributed by atoms with Gasteiger partial charge in [-0.05, 0) is 32.4 Å². The largest absolute Gasteiger partial charge is 0.385 e. The van der Waals surface area contributed by atoms with Crippen molar-refractivity contribution in [2.24, 2.45) is 0 Å². The average Bonchev–Trinajstić information content (AvgIpc) is 2.57. The number of methoxy groups -OCH3 is 1. The summed E-state index contributed by atoms with van der Waals surface area (Å²) in [6, 6.07) is 0.715. The molecule has 1 aliphatic heterocycles. The number of rotatable bonds is 6. The Balaban J connectivity index is 1.81. The van der Waals surface area contributed by atoms with E-state index in [2.05, 4.69) is 10.6 Å². The minimum Gasteiger partial charge on any atom is -0.385 e. The van der Waals surface area contributed by atoms with Gasteiger partial charge in [-0.1, -0.05) is 0 Å². The summed E-state index contributed by atoms with van der Waals surface area (Å²) in [5.74, 6) is 0. The maximum absolute atomic E-state index is 4.97. The van der Waals surface area contributed by atoms with Gasteiger partial charge < -0.3 is 15.4 Å². The third kappa shape index (κ3) is 4.04. The molecule has 0 saturated carbocycles. The van der Waals surface area contributed by atoms with Gasteiger partial charge in [0.05, 0.1) is 0 Å². The summed E-state index contributed by atoms with van der Waals surface area (Å²) in [5.41, 5.74) is 0. The van der Waals surface area contributed by atoms with Crippen molar-refractivity contribution >= 4 is 0 Å². The van der Waals surface area contributed by atoms with Crippen LogP contribution in [-0.4, -0.2) is 39.4 Å². The SMILES string of the molecule is COCCCCNC1CCNC1. The summed E-state index contributed by atoms with van der Waals surface area (Å²) < 4.78 is 4.97. The number of hydrogen-bond donors (Lipinski definition) is 2. The first-order valence-electron chi connectivity index (χ1n) is 4.86. The highest BCUT2D eigenvalue weighted by atomic mass is 16.5. The van der Waals surface area contributed by atoms with Gasteiger partial charge in [-0.3, -0.25) is 0 Å². The first-order valence-corrected chi connectivity index (χ1v) is 4.86. The second-order valence-corrected chi connectivity index (χ2v) is 3.34. The summed E-state index contributed by atoms with van der Waals surface area (Å²) in [4.78, 5) is 0. The molecule has 0 radical (unpaired) electrons. The zero-order valence-electron chi connectivity index (χ0n) is 7.94. The molecule has 0 aliphatic carbocycles. The number of unbranched alkanes of at least 4 members (excludes halogenated alkanes) is 1. The molecule has 0 aromatic carbocycles. The molecule has 72 valence electrons. The molecule has 3 heteroatoms. The Labute approximate surface area is 74.9 Å². The van der Waals surface area contributed by atoms with E-state index in [4.69, 9.17) is 4.74 Å². The van der Waals surface area contributed by atoms with E-state index in [1.165, 1.54) is 25.8 Å². The molecule has 12 heavy (non-hydrogen) atoms. The van der Waals surface area contributed by atoms with Crippen LogP contribution in [0.4, 0.5) is 0 Å². The van der Waals surface area contributed by atoms with Gasteiger partial charge in [0.15, 0.2) is 0 Å². The summed E-state index contributed by atoms with van der Waals surface area (Å²) >= 11 is 0. The maximum Gasteiger partial charge on any atom is 0.0462 e. The monoisotopic (exact) mass is 172 g/mol. The Morgan fingerprint density at radius 1 is 1.50 bits per heavy atom. The van der Waals surface area contributed by atoms with Gasteiger partial charge in [0, 0.05) is 26.3 Å². The topological polar surface area (TPSA) is 33.3 Å². The molecule has 2 N–H and O–H groups in total. The van der Waals surface area contributed by atoms with Crippen LogP contribution in [-0.2, 0) is 4.74 Å². The van der Waals surface area contributed by atoms with Gasteiger partial charge in [0.25, 0.3) is 0 Å². The maximum atomic E-state index is 4.97. The lowest BCUT2D eigenvalue weighted by Crippen LogP contribution is -2.31. The lowest BCUT2D eigenvalue weighted by molar-refractivity contribution is 0.192. The smallest absolute Gasteiger partial charge is 0.0462 e. The van der Waals surface area contributed by atoms with Gasteiger partial charge in [-0.25, -0.2) is 0 Å². The molecule has 1 aliphatic rings. The molecule has 1 rings (SSSR count). The van der Waals surface area contributed by atoms with E-state index >= 15 is 0 Å². The molecule has 0 bridgehead atoms. The van der Waals surface area contributed by atoms with Crippen molar-refractivity contribution < 1.29 is 4.74 Å². The van der Waals surface area contributed by atoms with Crippen LogP contribution in [0.3, 0.4) is 0 Å². The van der Waals surface area contributed by atoms with Crippen molar-refractivity contribution in [2.45, 2.75) is 25.3 Å². The highest BCUT2D eigenvalue weighted by Crippen LogP contribution is 1.97. The van der Waals surface area contributed by atoms with Gasteiger partial charge in [-0.15, -0.1) is 0 Å². The van der Waals surface area contributed by atoms with Crippen LogP contribution in [0.1, 0.15) is 19.3 Å². The molecule has 0 spiro atoms. The van der Waals surface area contributed by atoms with Gasteiger partial charge in [-0.2, -0.15) is 0 Å². The van der Waals surface area contributed by atoms with Crippen molar-refractivity contribution in [3.8, 4) is 0 Å². The van der Waals surface area contributed by atoms with Gasteiger partial charge >= 0.3 is 0 Å². The zero-order chi connectivity index (χ0) is 8.65. The minimum absolute atomic E-state index is 0.715. The minimum atomic E-state index is 0.715. The average molecular weight is 172 g/mol. The van der Waals surface area contributed by atoms with Crippen molar-refractivity contribution in [3.63, 3.8) is 0 Å². The molecule has 1 atom stereocenters. The first kappa shape index (κ1) is 9.96. The van der Waals surface area contributed by atoms with Crippen molar-refractivity contribution in [2.75, 3.05) is 33.4 Å². The van der Waals surface area contributed by atoms with Crippen LogP contribution in [0.5, 0.6) is 0 Å². The molecular formula is C9H20N2O. The standard InChI is InChI=1S/C9H20N2O/c1-12-7-3-2-5-11-9-4-6-10-8-9/h9-11H,2-8H2,1H3. The molecule has 1 heterocycles. The quantitative estimate of drug-likeness (QED) is 0.568. The lowest BCUT2D eigenvalue weighted by atomic mass is 10.2. The molecule has 1 fully saturated rings. The summed E-state index contributed by atoms with van der Waals surface area (Å²) in [7, 11) is 1.76. The third-order valence-electron chi connectivity index (χ3n) is 2.27. The number of nitrogens with one attached hydrogen (secondary N) is 2. The van der Waals surface area contributed by atoms with Gasteiger partial charge in [0.2, 0.25) is 0 Å². The summed E-state index contributed by atoms with van der Waals surface area (Å²) in [6.07, 6.45) is 3.68. The summed E-state index contributed by atoms with van der Waals surface area (Å²) in [6.45, 7) is 4.35. The highest BCUT2D eigenvalue weighted by molar-refractivity contribution is 4.76. The van der Waals surface area contributed by atoms with Crippen molar-refractivity contribution in [1.82, 2.24) is 10.6 Å². The Hall–Kier alpha value is -0.120. The van der Waals surface area contributed by atoms with E-state index in [0.717, 1.165) is 19.7 Å². The van der Waals surface area contributed by atoms with Crippen LogP contribution in [0.25, 0.3) is 0 Å². The second-order valence-electron chi connectivity index (χ2n) is 3.34. The van der Waals surface area contributed by atoms with Crippen LogP contribution in [0.15, 0.2) is 0 Å². The van der Waals surface area contributed by atoms with E-state index < -0.39 is 0 Å². The molecule has 0 amide bonds. The van der Waals surface area contributed by atoms with Crippen molar-refractivity contribution in [3.05, 3.63) is 0 Å². The van der Waals surface area contributed by atoms with E-state index in [1.807, 2.05) is 0 Å². The van der Waals surface area contributed by atoms with E-state index in [-0.39, 0.29) is 0 Å². The van der Waals surface area contributed by atoms with Crippen molar-refractivity contribution in [1.29, 1.82) is 0 Å². The second kappa shape index (κ2) is 6.40. The van der Waals surface area contributed by atoms with E-state index in [0.29, 0.717) is 6.04 Å². The Kier molecular flexibility index (Phi) is 5.32. The fourth-order valence-electron chi connectivity index (χ4n) is 1.51. The predicted molar refractivity (Wildman–Crippen MR) is 50.4 cm³/mol. The fraction of sp³-hybridized carbons (Fsp3) is 1.00. The molecule has 1 unspecified atom stereocenters. The highest BCUT2D eigenvalue weighted by Gasteiger charge is 2.12. The first-order chi connectivity index (χ1) is 5.93. The normalized spacial score (nSPS) is 23.2. The molecular weight excluding hydrogens is 152 g/mol. The fourth-order valence-corrected chi connectivity index (χ4v) is 1.51. The predicted octanol–water partition coefficient (Wildman–Crippen LogP) is 0.365. The molecule has 3 nitrogen and oxygen atoms in total. The zero-order valence-corrected chi connectivity index (χ0v) is 7.94. The number of hydrogen-bond acceptors (Lipinski definition) is 3. The van der Waals surface area contributed by atoms with Crippen LogP contribution < -0.4 is 10.6 Å². The lowest BCUT2D eigenvalue weighted by Gasteiger charge is -2.10. The molecule has 0 aromatic rings. The van der Waals surface area contributed by atoms with Crippen LogP contribution in [0, 0.1) is 0 Å². The van der Waals surface area contributed by atoms with Crippen LogP contribution in [0.2, 0.25) is 0 Å². The Morgan fingerprint density at radius 3 is 3.08 bits per heavy atom. The van der Waals surface area contributed by atoms with Crippen LogP contribution >= 0.6 is 0 Å². The van der Waals surface area contributed by atoms with Gasteiger partial charge in [0.1, 0.15) is 0 Å². The Morgan fingerprint density at radius 2 is 2.42 bits per heavy atom. The molecule has 0 aromatic heterocycles. The van der Waals surface area contributed by atoms with E-state index in [9.17, 15) is 0 Å². The number of ether oxygens (including phenoxy) is 1.